The summed E-state index contributed by atoms with van der Waals surface area (Å²) in [6, 6.07) is 3.05. The van der Waals surface area contributed by atoms with E-state index in [-0.39, 0.29) is 35.5 Å². The molecular formula is C28H36N2O7. The van der Waals surface area contributed by atoms with E-state index in [1.165, 1.54) is 11.1 Å². The van der Waals surface area contributed by atoms with Gasteiger partial charge in [-0.2, -0.15) is 0 Å². The molecule has 37 heavy (non-hydrogen) atoms. The highest BCUT2D eigenvalue weighted by molar-refractivity contribution is 5.86. The molecule has 1 saturated carbocycles. The van der Waals surface area contributed by atoms with Crippen molar-refractivity contribution >= 4 is 17.8 Å². The van der Waals surface area contributed by atoms with Gasteiger partial charge in [-0.3, -0.25) is 9.59 Å². The molecule has 4 N–H and O–H groups in total. The highest BCUT2D eigenvalue weighted by Gasteiger charge is 2.74. The molecule has 1 aliphatic heterocycles. The summed E-state index contributed by atoms with van der Waals surface area (Å²) >= 11 is 0. The Morgan fingerprint density at radius 2 is 2.03 bits per heavy atom. The lowest BCUT2D eigenvalue weighted by Gasteiger charge is -2.65. The SMILES string of the molecule is COc1ccc2c3c1O[C@H]1[C@@H](OC(=O)CCC(=O)N[C@H](C(=O)O)C(C)C)C=CC4(CN)C[C@]31C4[C@H](C)C2. The number of carboxylic acid groups (broad SMARTS) is 1. The lowest BCUT2D eigenvalue weighted by atomic mass is 9.37. The first-order valence-corrected chi connectivity index (χ1v) is 13.1. The summed E-state index contributed by atoms with van der Waals surface area (Å²) in [4.78, 5) is 36.6. The number of methoxy groups -OCH3 is 1. The predicted molar refractivity (Wildman–Crippen MR) is 134 cm³/mol. The first kappa shape index (κ1) is 25.6. The summed E-state index contributed by atoms with van der Waals surface area (Å²) in [5.41, 5.74) is 8.25. The van der Waals surface area contributed by atoms with Crippen LogP contribution in [-0.4, -0.2) is 54.9 Å². The van der Waals surface area contributed by atoms with Crippen LogP contribution in [-0.2, 0) is 31.0 Å². The molecule has 4 aliphatic carbocycles. The Morgan fingerprint density at radius 1 is 1.27 bits per heavy atom. The second kappa shape index (κ2) is 9.04. The Kier molecular flexibility index (Phi) is 6.25. The quantitative estimate of drug-likeness (QED) is 0.339. The number of hydrogen-bond acceptors (Lipinski definition) is 7. The largest absolute Gasteiger partial charge is 0.493 e. The van der Waals surface area contributed by atoms with E-state index in [4.69, 9.17) is 19.9 Å². The van der Waals surface area contributed by atoms with Gasteiger partial charge in [-0.15, -0.1) is 0 Å². The number of carbonyl (C=O) groups excluding carboxylic acids is 2. The van der Waals surface area contributed by atoms with Crippen LogP contribution < -0.4 is 20.5 Å². The van der Waals surface area contributed by atoms with E-state index in [2.05, 4.69) is 24.4 Å². The molecule has 7 atom stereocenters. The molecule has 9 nitrogen and oxygen atoms in total. The number of esters is 1. The average molecular weight is 513 g/mol. The lowest BCUT2D eigenvalue weighted by molar-refractivity contribution is -0.161. The number of nitrogens with one attached hydrogen (secondary N) is 1. The van der Waals surface area contributed by atoms with E-state index in [0.717, 1.165) is 18.6 Å². The number of amides is 1. The van der Waals surface area contributed by atoms with Crippen LogP contribution in [0.4, 0.5) is 0 Å². The average Bonchev–Trinajstić information content (AvgIpc) is 3.07. The van der Waals surface area contributed by atoms with Gasteiger partial charge < -0.3 is 30.4 Å². The molecule has 1 spiro atoms. The molecule has 1 heterocycles. The number of hydrogen-bond donors (Lipinski definition) is 3. The molecule has 200 valence electrons. The Morgan fingerprint density at radius 3 is 2.68 bits per heavy atom. The van der Waals surface area contributed by atoms with Gasteiger partial charge in [-0.05, 0) is 48.3 Å². The van der Waals surface area contributed by atoms with Gasteiger partial charge in [0.2, 0.25) is 5.91 Å². The Bertz CT molecular complexity index is 1160. The zero-order chi connectivity index (χ0) is 26.7. The zero-order valence-electron chi connectivity index (χ0n) is 21.8. The molecule has 0 aromatic heterocycles. The molecule has 1 amide bonds. The molecule has 5 aliphatic rings. The second-order valence-corrected chi connectivity index (χ2v) is 11.4. The standard InChI is InChI=1S/C28H36N2O7/c1-14(2)22(26(33)34)30-19(31)7-8-20(32)36-18-9-10-27(13-29)12-28-21-16(11-15(3)24(27)28)5-6-17(35-4)23(21)37-25(18)28/h5-6,9-10,14-15,18,22,24-25H,7-8,11-13,29H2,1-4H3,(H,30,31)(H,33,34)/t15-,18+,22+,24?,25+,27?,28-/m1/s1. The molecule has 1 aromatic carbocycles. The normalized spacial score (nSPS) is 32.9. The van der Waals surface area contributed by atoms with Crippen LogP contribution in [0.5, 0.6) is 11.5 Å². The second-order valence-electron chi connectivity index (χ2n) is 11.4. The summed E-state index contributed by atoms with van der Waals surface area (Å²) in [6.07, 6.45) is 4.39. The monoisotopic (exact) mass is 512 g/mol. The summed E-state index contributed by atoms with van der Waals surface area (Å²) in [5.74, 6) is -0.389. The maximum atomic E-state index is 12.9. The minimum atomic E-state index is -1.11. The van der Waals surface area contributed by atoms with Gasteiger partial charge in [0.15, 0.2) is 17.6 Å². The topological polar surface area (TPSA) is 137 Å². The van der Waals surface area contributed by atoms with Crippen molar-refractivity contribution in [3.05, 3.63) is 35.4 Å². The molecule has 2 unspecified atom stereocenters. The number of carbonyl (C=O) groups is 3. The van der Waals surface area contributed by atoms with Crippen LogP contribution in [0, 0.1) is 23.2 Å². The van der Waals surface area contributed by atoms with Crippen LogP contribution >= 0.6 is 0 Å². The van der Waals surface area contributed by atoms with Crippen molar-refractivity contribution in [3.63, 3.8) is 0 Å². The Hall–Kier alpha value is -3.07. The van der Waals surface area contributed by atoms with E-state index in [0.29, 0.717) is 18.2 Å². The molecule has 0 saturated heterocycles. The molecule has 6 rings (SSSR count). The number of benzene rings is 1. The minimum absolute atomic E-state index is 0.160. The Labute approximate surface area is 216 Å². The van der Waals surface area contributed by atoms with Gasteiger partial charge >= 0.3 is 11.9 Å². The highest BCUT2D eigenvalue weighted by atomic mass is 16.6. The Balaban J connectivity index is 1.37. The summed E-state index contributed by atoms with van der Waals surface area (Å²) in [6.45, 7) is 6.19. The van der Waals surface area contributed by atoms with E-state index in [1.807, 2.05) is 12.1 Å². The number of fused-ring (bicyclic) bond motifs is 1. The van der Waals surface area contributed by atoms with Crippen LogP contribution in [0.3, 0.4) is 0 Å². The van der Waals surface area contributed by atoms with Crippen molar-refractivity contribution < 1.29 is 33.7 Å². The van der Waals surface area contributed by atoms with E-state index in [9.17, 15) is 19.5 Å². The molecule has 9 heteroatoms. The van der Waals surface area contributed by atoms with Gasteiger partial charge in [0, 0.05) is 29.4 Å². The predicted octanol–water partition coefficient (Wildman–Crippen LogP) is 2.34. The number of ether oxygens (including phenoxy) is 3. The fourth-order valence-corrected chi connectivity index (χ4v) is 7.61. The van der Waals surface area contributed by atoms with Crippen LogP contribution in [0.2, 0.25) is 0 Å². The third kappa shape index (κ3) is 3.73. The summed E-state index contributed by atoms with van der Waals surface area (Å²) in [7, 11) is 1.62. The highest BCUT2D eigenvalue weighted by Crippen LogP contribution is 2.74. The van der Waals surface area contributed by atoms with Crippen molar-refractivity contribution in [3.8, 4) is 11.5 Å². The third-order valence-electron chi connectivity index (χ3n) is 8.92. The van der Waals surface area contributed by atoms with Crippen LogP contribution in [0.15, 0.2) is 24.3 Å². The first-order chi connectivity index (χ1) is 17.6. The maximum absolute atomic E-state index is 12.9. The van der Waals surface area contributed by atoms with Gasteiger partial charge in [0.25, 0.3) is 0 Å². The van der Waals surface area contributed by atoms with Gasteiger partial charge in [-0.25, -0.2) is 4.79 Å². The molecule has 0 radical (unpaired) electrons. The van der Waals surface area contributed by atoms with E-state index < -0.39 is 36.1 Å². The zero-order valence-corrected chi connectivity index (χ0v) is 21.8. The van der Waals surface area contributed by atoms with Gasteiger partial charge in [0.1, 0.15) is 12.1 Å². The van der Waals surface area contributed by atoms with Gasteiger partial charge in [-0.1, -0.05) is 32.9 Å². The number of nitrogens with two attached hydrogens (primary N) is 1. The molecular weight excluding hydrogens is 476 g/mol. The minimum Gasteiger partial charge on any atom is -0.493 e. The smallest absolute Gasteiger partial charge is 0.326 e. The fraction of sp³-hybridized carbons (Fsp3) is 0.607. The maximum Gasteiger partial charge on any atom is 0.326 e. The van der Waals surface area contributed by atoms with Crippen molar-refractivity contribution in [1.29, 1.82) is 0 Å². The number of rotatable bonds is 9. The molecule has 1 fully saturated rings. The molecule has 1 aromatic rings. The summed E-state index contributed by atoms with van der Waals surface area (Å²) < 4.78 is 18.2. The van der Waals surface area contributed by atoms with Crippen LogP contribution in [0.1, 0.15) is 51.2 Å². The third-order valence-corrected chi connectivity index (χ3v) is 8.92. The van der Waals surface area contributed by atoms with Crippen molar-refractivity contribution in [1.82, 2.24) is 5.32 Å². The van der Waals surface area contributed by atoms with E-state index >= 15 is 0 Å². The lowest BCUT2D eigenvalue weighted by Crippen LogP contribution is -2.69. The fourth-order valence-electron chi connectivity index (χ4n) is 7.61. The van der Waals surface area contributed by atoms with Crippen molar-refractivity contribution in [2.75, 3.05) is 13.7 Å². The number of aliphatic carboxylic acids is 1. The van der Waals surface area contributed by atoms with Crippen molar-refractivity contribution in [2.45, 2.75) is 70.1 Å². The van der Waals surface area contributed by atoms with Crippen LogP contribution in [0.25, 0.3) is 0 Å². The summed E-state index contributed by atoms with van der Waals surface area (Å²) in [5, 5.41) is 11.8. The first-order valence-electron chi connectivity index (χ1n) is 13.1. The van der Waals surface area contributed by atoms with Gasteiger partial charge in [0.05, 0.1) is 13.5 Å². The van der Waals surface area contributed by atoms with E-state index in [1.54, 1.807) is 21.0 Å². The van der Waals surface area contributed by atoms with Crippen molar-refractivity contribution in [2.24, 2.45) is 28.9 Å². The number of carboxylic acids is 1. The molecule has 2 bridgehead atoms.